The first-order valence-corrected chi connectivity index (χ1v) is 7.64. The number of likely N-dealkylation sites (N-methyl/N-ethyl adjacent to an activating group) is 1. The van der Waals surface area contributed by atoms with Gasteiger partial charge in [0.1, 0.15) is 0 Å². The molecule has 0 fully saturated rings. The Hall–Kier alpha value is -0.470. The summed E-state index contributed by atoms with van der Waals surface area (Å²) in [6.45, 7) is 3.36. The molecule has 5 nitrogen and oxygen atoms in total. The molecule has 0 aliphatic carbocycles. The van der Waals surface area contributed by atoms with Crippen LogP contribution in [0.3, 0.4) is 0 Å². The molecule has 0 aliphatic heterocycles. The van der Waals surface area contributed by atoms with Gasteiger partial charge < -0.3 is 10.5 Å². The van der Waals surface area contributed by atoms with Crippen molar-refractivity contribution in [2.45, 2.75) is 18.4 Å². The lowest BCUT2D eigenvalue weighted by Gasteiger charge is -2.19. The number of hydrogen-bond donors (Lipinski definition) is 1. The fourth-order valence-electron chi connectivity index (χ4n) is 1.39. The van der Waals surface area contributed by atoms with Gasteiger partial charge in [-0.3, -0.25) is 0 Å². The Morgan fingerprint density at radius 2 is 2.24 bits per heavy atom. The fraction of sp³-hybridized carbons (Fsp3) is 0.600. The lowest BCUT2D eigenvalue weighted by molar-refractivity contribution is 0.180. The summed E-state index contributed by atoms with van der Waals surface area (Å²) in [6.07, 6.45) is 0. The maximum Gasteiger partial charge on any atom is 0.243 e. The molecule has 1 aromatic rings. The minimum atomic E-state index is -3.40. The van der Waals surface area contributed by atoms with Crippen molar-refractivity contribution in [1.82, 2.24) is 4.31 Å². The first-order chi connectivity index (χ1) is 8.06. The maximum atomic E-state index is 12.2. The molecule has 2 N–H and O–H groups in total. The average molecular weight is 278 g/mol. The second kappa shape index (κ2) is 6.46. The standard InChI is InChI=1S/C10H18N2O3S2/c1-3-12(4-5-15-2)17(13,14)10-6-9(7-11)16-8-10/h6,8H,3-5,7,11H2,1-2H3. The predicted octanol–water partition coefficient (Wildman–Crippen LogP) is 0.864. The van der Waals surface area contributed by atoms with Crippen molar-refractivity contribution in [3.05, 3.63) is 16.3 Å². The molecule has 1 heterocycles. The van der Waals surface area contributed by atoms with Crippen LogP contribution in [0.1, 0.15) is 11.8 Å². The van der Waals surface area contributed by atoms with Gasteiger partial charge in [-0.25, -0.2) is 8.42 Å². The molecule has 0 saturated heterocycles. The molecule has 0 spiro atoms. The van der Waals surface area contributed by atoms with E-state index in [1.54, 1.807) is 18.6 Å². The van der Waals surface area contributed by atoms with Crippen molar-refractivity contribution in [3.8, 4) is 0 Å². The summed E-state index contributed by atoms with van der Waals surface area (Å²) >= 11 is 1.37. The minimum Gasteiger partial charge on any atom is -0.383 e. The monoisotopic (exact) mass is 278 g/mol. The van der Waals surface area contributed by atoms with Crippen LogP contribution in [0.4, 0.5) is 0 Å². The number of hydrogen-bond acceptors (Lipinski definition) is 5. The van der Waals surface area contributed by atoms with Crippen LogP contribution < -0.4 is 5.73 Å². The molecular formula is C10H18N2O3S2. The molecule has 0 atom stereocenters. The number of nitrogens with zero attached hydrogens (tertiary/aromatic N) is 1. The normalized spacial score (nSPS) is 12.2. The third kappa shape index (κ3) is 3.49. The van der Waals surface area contributed by atoms with Gasteiger partial charge >= 0.3 is 0 Å². The third-order valence-electron chi connectivity index (χ3n) is 2.37. The molecule has 0 aromatic carbocycles. The smallest absolute Gasteiger partial charge is 0.243 e. The topological polar surface area (TPSA) is 72.6 Å². The first kappa shape index (κ1) is 14.6. The zero-order valence-corrected chi connectivity index (χ0v) is 11.7. The molecule has 0 aliphatic rings. The summed E-state index contributed by atoms with van der Waals surface area (Å²) < 4.78 is 30.8. The van der Waals surface area contributed by atoms with Crippen LogP contribution >= 0.6 is 11.3 Å². The zero-order chi connectivity index (χ0) is 12.9. The summed E-state index contributed by atoms with van der Waals surface area (Å²) in [5.74, 6) is 0. The molecular weight excluding hydrogens is 260 g/mol. The van der Waals surface area contributed by atoms with E-state index in [-0.39, 0.29) is 0 Å². The number of nitrogens with two attached hydrogens (primary N) is 1. The molecule has 1 aromatic heterocycles. The summed E-state index contributed by atoms with van der Waals surface area (Å²) in [4.78, 5) is 1.19. The Kier molecular flexibility index (Phi) is 5.54. The Morgan fingerprint density at radius 1 is 1.53 bits per heavy atom. The highest BCUT2D eigenvalue weighted by molar-refractivity contribution is 7.89. The number of methoxy groups -OCH3 is 1. The van der Waals surface area contributed by atoms with E-state index in [2.05, 4.69) is 0 Å². The Morgan fingerprint density at radius 3 is 2.71 bits per heavy atom. The van der Waals surface area contributed by atoms with Crippen molar-refractivity contribution in [3.63, 3.8) is 0 Å². The molecule has 0 unspecified atom stereocenters. The van der Waals surface area contributed by atoms with E-state index in [0.29, 0.717) is 31.1 Å². The fourth-order valence-corrected chi connectivity index (χ4v) is 3.97. The molecule has 1 rings (SSSR count). The van der Waals surface area contributed by atoms with E-state index in [1.165, 1.54) is 15.6 Å². The number of rotatable bonds is 7. The lowest BCUT2D eigenvalue weighted by atomic mass is 10.5. The maximum absolute atomic E-state index is 12.2. The second-order valence-electron chi connectivity index (χ2n) is 3.44. The summed E-state index contributed by atoms with van der Waals surface area (Å²) in [5.41, 5.74) is 5.48. The van der Waals surface area contributed by atoms with E-state index < -0.39 is 10.0 Å². The van der Waals surface area contributed by atoms with Crippen molar-refractivity contribution in [2.75, 3.05) is 26.8 Å². The van der Waals surface area contributed by atoms with Crippen LogP contribution in [0.25, 0.3) is 0 Å². The Bertz CT molecular complexity index is 442. The van der Waals surface area contributed by atoms with Crippen molar-refractivity contribution in [1.29, 1.82) is 0 Å². The highest BCUT2D eigenvalue weighted by atomic mass is 32.2. The van der Waals surface area contributed by atoms with E-state index in [9.17, 15) is 8.42 Å². The SMILES string of the molecule is CCN(CCOC)S(=O)(=O)c1csc(CN)c1. The van der Waals surface area contributed by atoms with Crippen LogP contribution in [-0.2, 0) is 21.3 Å². The summed E-state index contributed by atoms with van der Waals surface area (Å²) in [5, 5.41) is 1.63. The van der Waals surface area contributed by atoms with E-state index in [4.69, 9.17) is 10.5 Å². The van der Waals surface area contributed by atoms with Crippen molar-refractivity contribution < 1.29 is 13.2 Å². The van der Waals surface area contributed by atoms with Gasteiger partial charge in [-0.15, -0.1) is 11.3 Å². The van der Waals surface area contributed by atoms with Crippen LogP contribution in [0, 0.1) is 0 Å². The molecule has 7 heteroatoms. The van der Waals surface area contributed by atoms with Gasteiger partial charge in [0.15, 0.2) is 0 Å². The Labute approximate surface area is 106 Å². The van der Waals surface area contributed by atoms with Crippen LogP contribution in [-0.4, -0.2) is 39.5 Å². The molecule has 0 radical (unpaired) electrons. The Balaban J connectivity index is 2.91. The molecule has 17 heavy (non-hydrogen) atoms. The van der Waals surface area contributed by atoms with Gasteiger partial charge in [0.2, 0.25) is 10.0 Å². The number of ether oxygens (including phenoxy) is 1. The van der Waals surface area contributed by atoms with Crippen LogP contribution in [0.2, 0.25) is 0 Å². The molecule has 98 valence electrons. The summed E-state index contributed by atoms with van der Waals surface area (Å²) in [7, 11) is -1.85. The van der Waals surface area contributed by atoms with E-state index in [1.807, 2.05) is 6.92 Å². The first-order valence-electron chi connectivity index (χ1n) is 5.32. The van der Waals surface area contributed by atoms with Gasteiger partial charge in [0.05, 0.1) is 11.5 Å². The number of sulfonamides is 1. The predicted molar refractivity (Wildman–Crippen MR) is 68.5 cm³/mol. The van der Waals surface area contributed by atoms with Gasteiger partial charge in [-0.1, -0.05) is 6.92 Å². The second-order valence-corrected chi connectivity index (χ2v) is 6.38. The largest absolute Gasteiger partial charge is 0.383 e. The van der Waals surface area contributed by atoms with Crippen molar-refractivity contribution in [2.24, 2.45) is 5.73 Å². The highest BCUT2D eigenvalue weighted by Gasteiger charge is 2.23. The van der Waals surface area contributed by atoms with Crippen LogP contribution in [0.5, 0.6) is 0 Å². The van der Waals surface area contributed by atoms with Gasteiger partial charge in [0.25, 0.3) is 0 Å². The van der Waals surface area contributed by atoms with Crippen molar-refractivity contribution >= 4 is 21.4 Å². The van der Waals surface area contributed by atoms with Gasteiger partial charge in [-0.2, -0.15) is 4.31 Å². The quantitative estimate of drug-likeness (QED) is 0.803. The van der Waals surface area contributed by atoms with E-state index >= 15 is 0 Å². The summed E-state index contributed by atoms with van der Waals surface area (Å²) in [6, 6.07) is 1.63. The third-order valence-corrected chi connectivity index (χ3v) is 5.43. The zero-order valence-electron chi connectivity index (χ0n) is 10.0. The minimum absolute atomic E-state index is 0.320. The van der Waals surface area contributed by atoms with E-state index in [0.717, 1.165) is 4.88 Å². The lowest BCUT2D eigenvalue weighted by Crippen LogP contribution is -2.33. The average Bonchev–Trinajstić information content (AvgIpc) is 2.79. The molecule has 0 saturated carbocycles. The highest BCUT2D eigenvalue weighted by Crippen LogP contribution is 2.22. The molecule has 0 amide bonds. The van der Waals surface area contributed by atoms with Gasteiger partial charge in [-0.05, 0) is 6.07 Å². The van der Waals surface area contributed by atoms with Gasteiger partial charge in [0, 0.05) is 37.0 Å². The number of thiophene rings is 1. The van der Waals surface area contributed by atoms with Crippen LogP contribution in [0.15, 0.2) is 16.3 Å². The molecule has 0 bridgehead atoms.